The van der Waals surface area contributed by atoms with Gasteiger partial charge in [-0.05, 0) is 34.6 Å². The molecular weight excluding hydrogens is 1020 g/mol. The van der Waals surface area contributed by atoms with Gasteiger partial charge < -0.3 is 118 Å². The Morgan fingerprint density at radius 2 is 0.615 bits per heavy atom. The highest BCUT2D eigenvalue weighted by atomic mass is 35.5. The van der Waals surface area contributed by atoms with Crippen molar-refractivity contribution in [1.82, 2.24) is 42.6 Å². The second-order valence-corrected chi connectivity index (χ2v) is 12.6. The average Bonchev–Trinajstić information content (AvgIpc) is 3.15. The van der Waals surface area contributed by atoms with Crippen molar-refractivity contribution in [3.05, 3.63) is 0 Å². The number of carbonyl (C=O) groups is 5. The first kappa shape index (κ1) is 79.2. The van der Waals surface area contributed by atoms with Crippen LogP contribution in [0.3, 0.4) is 0 Å². The molecule has 396 valence electrons. The minimum absolute atomic E-state index is 0. The molecule has 0 aliphatic heterocycles. The van der Waals surface area contributed by atoms with Gasteiger partial charge in [0, 0.05) is 70.0 Å². The number of quaternary nitrogens is 4. The van der Waals surface area contributed by atoms with Crippen LogP contribution in [0, 0.1) is 16.2 Å². The Bertz CT molecular complexity index is 1040. The summed E-state index contributed by atoms with van der Waals surface area (Å²) < 4.78 is 119. The highest BCUT2D eigenvalue weighted by Crippen LogP contribution is 2.26. The predicted molar refractivity (Wildman–Crippen MR) is 197 cm³/mol. The van der Waals surface area contributed by atoms with E-state index in [2.05, 4.69) is 48.9 Å². The summed E-state index contributed by atoms with van der Waals surface area (Å²) in [4.78, 5) is 56.6. The summed E-state index contributed by atoms with van der Waals surface area (Å²) in [6.07, 6.45) is -2.72. The molecule has 0 aliphatic rings. The summed E-state index contributed by atoms with van der Waals surface area (Å²) in [5, 5.41) is 3.43. The molecule has 0 spiro atoms. The van der Waals surface area contributed by atoms with Crippen LogP contribution in [0.2, 0.25) is 0 Å². The molecule has 0 aromatic carbocycles. The first-order valence-corrected chi connectivity index (χ1v) is 18.9. The average molecular weight is 1080 g/mol. The highest BCUT2D eigenvalue weighted by Gasteiger charge is 2.41. The molecule has 0 heterocycles. The van der Waals surface area contributed by atoms with Crippen LogP contribution < -0.4 is 93.8 Å². The third-order valence-electron chi connectivity index (χ3n) is 7.73. The summed E-state index contributed by atoms with van der Waals surface area (Å²) in [7, 11) is 0. The Labute approximate surface area is 401 Å². The molecule has 22 nitrogen and oxygen atoms in total. The van der Waals surface area contributed by atoms with E-state index in [0.29, 0.717) is 6.61 Å². The molecule has 16 N–H and O–H groups in total. The molecule has 0 aromatic rings. The Morgan fingerprint density at radius 3 is 0.723 bits per heavy atom. The molecule has 0 atom stereocenters. The van der Waals surface area contributed by atoms with Crippen LogP contribution >= 0.6 is 11.6 Å². The van der Waals surface area contributed by atoms with Crippen molar-refractivity contribution in [3.63, 3.8) is 0 Å². The van der Waals surface area contributed by atoms with Crippen molar-refractivity contribution in [1.29, 1.82) is 0 Å². The molecule has 0 unspecified atom stereocenters. The predicted octanol–water partition coefficient (Wildman–Crippen LogP) is -12.4. The van der Waals surface area contributed by atoms with E-state index in [4.69, 9.17) is 30.5 Å². The van der Waals surface area contributed by atoms with E-state index in [1.54, 1.807) is 34.6 Å². The molecule has 65 heavy (non-hydrogen) atoms. The third kappa shape index (κ3) is 46.0. The van der Waals surface area contributed by atoms with Crippen LogP contribution in [-0.4, -0.2) is 163 Å². The first-order valence-electron chi connectivity index (χ1n) is 18.5. The molecule has 0 fully saturated rings. The van der Waals surface area contributed by atoms with Gasteiger partial charge in [-0.15, -0.1) is 35.9 Å². The van der Waals surface area contributed by atoms with E-state index in [-0.39, 0.29) is 108 Å². The quantitative estimate of drug-likeness (QED) is 0.0183. The van der Waals surface area contributed by atoms with Gasteiger partial charge in [0.1, 0.15) is 0 Å². The van der Waals surface area contributed by atoms with Gasteiger partial charge in [-0.3, -0.25) is 0 Å². The van der Waals surface area contributed by atoms with Crippen LogP contribution in [-0.2, 0) is 23.7 Å². The van der Waals surface area contributed by atoms with Gasteiger partial charge in [0.15, 0.2) is 5.41 Å². The third-order valence-corrected chi connectivity index (χ3v) is 7.84. The number of hydrogen-bond donors (Lipinski definition) is 8. The molecular formula is C30H65Cl5F8N12O10. The number of hydrogen-bond acceptors (Lipinski definition) is 14. The van der Waals surface area contributed by atoms with Crippen molar-refractivity contribution in [3.8, 4) is 0 Å². The van der Waals surface area contributed by atoms with Crippen LogP contribution in [0.25, 0.3) is 0 Å². The van der Waals surface area contributed by atoms with E-state index in [1.165, 1.54) is 0 Å². The van der Waals surface area contributed by atoms with Gasteiger partial charge in [0.05, 0.1) is 85.4 Å². The largest absolute Gasteiger partial charge is 1.00 e. The smallest absolute Gasteiger partial charge is 0.407 e. The monoisotopic (exact) mass is 1080 g/mol. The molecule has 0 aromatic heterocycles. The number of carbonyl (C=O) groups excluding carboxylic acids is 5. The summed E-state index contributed by atoms with van der Waals surface area (Å²) in [6, 6.07) is 0. The van der Waals surface area contributed by atoms with E-state index < -0.39 is 88.2 Å². The zero-order valence-electron chi connectivity index (χ0n) is 36.6. The number of alkyl carbamates (subject to hydrolysis) is 4. The highest BCUT2D eigenvalue weighted by molar-refractivity contribution is 6.61. The maximum atomic E-state index is 11.9. The molecule has 0 rings (SSSR count). The zero-order valence-corrected chi connectivity index (χ0v) is 40.4. The molecule has 0 bridgehead atoms. The van der Waals surface area contributed by atoms with Gasteiger partial charge in [-0.2, -0.15) is 0 Å². The molecule has 0 saturated carbocycles. The number of nitrogens with zero attached hydrogens (tertiary/aromatic N) is 4. The SMILES string of the molecule is CCOC(=O)Cl.CCOC(=O)NCC(CNC(=O)OCC)(CNC(=O)OCC)CNC(=O)OCC.FN(F)CC(CN(F)F)(CN(F)F)CN(F)F.[Cl-].[Cl-].[Cl-].[Cl-].[NH3+]CC(C[NH3+])(C[NH3+])C[NH3+]. The molecule has 35 heteroatoms. The first-order chi connectivity index (χ1) is 28.5. The van der Waals surface area contributed by atoms with Gasteiger partial charge in [0.2, 0.25) is 0 Å². The van der Waals surface area contributed by atoms with Crippen LogP contribution in [0.5, 0.6) is 0 Å². The molecule has 0 saturated heterocycles. The lowest BCUT2D eigenvalue weighted by Crippen LogP contribution is -3.00. The van der Waals surface area contributed by atoms with Crippen molar-refractivity contribution < 1.29 is 156 Å². The second-order valence-electron chi connectivity index (χ2n) is 12.3. The Morgan fingerprint density at radius 1 is 0.415 bits per heavy atom. The van der Waals surface area contributed by atoms with Gasteiger partial charge >= 0.3 is 29.8 Å². The Hall–Kier alpha value is -2.88. The van der Waals surface area contributed by atoms with Gasteiger partial charge in [-0.25, -0.2) is 24.0 Å². The molecule has 4 amide bonds. The number of ether oxygens (including phenoxy) is 5. The Kier molecular flexibility index (Phi) is 58.0. The van der Waals surface area contributed by atoms with E-state index >= 15 is 0 Å². The number of rotatable bonds is 25. The van der Waals surface area contributed by atoms with E-state index in [1.807, 2.05) is 0 Å². The maximum absolute atomic E-state index is 11.9. The summed E-state index contributed by atoms with van der Waals surface area (Å²) in [5.41, 5.74) is 11.1. The normalized spacial score (nSPS) is 10.5. The van der Waals surface area contributed by atoms with Crippen molar-refractivity contribution in [2.24, 2.45) is 16.2 Å². The minimum Gasteiger partial charge on any atom is -1.00 e. The topological polar surface area (TPSA) is 303 Å². The minimum atomic E-state index is -2.71. The lowest BCUT2D eigenvalue weighted by atomic mass is 9.87. The fourth-order valence-corrected chi connectivity index (χ4v) is 4.43. The Balaban J connectivity index is -0.000000127. The number of nitrogens with one attached hydrogen (secondary N) is 4. The van der Waals surface area contributed by atoms with Crippen LogP contribution in [0.4, 0.5) is 59.8 Å². The lowest BCUT2D eigenvalue weighted by molar-refractivity contribution is -0.519. The van der Waals surface area contributed by atoms with E-state index in [9.17, 15) is 59.8 Å². The summed E-state index contributed by atoms with van der Waals surface area (Å²) >= 11 is 4.72. The van der Waals surface area contributed by atoms with Crippen LogP contribution in [0.15, 0.2) is 0 Å². The van der Waals surface area contributed by atoms with E-state index in [0.717, 1.165) is 26.2 Å². The van der Waals surface area contributed by atoms with Gasteiger partial charge in [-0.1, -0.05) is 0 Å². The fourth-order valence-electron chi connectivity index (χ4n) is 4.32. The van der Waals surface area contributed by atoms with Crippen LogP contribution in [0.1, 0.15) is 34.6 Å². The van der Waals surface area contributed by atoms with Gasteiger partial charge in [0.25, 0.3) is 0 Å². The number of halogens is 13. The summed E-state index contributed by atoms with van der Waals surface area (Å²) in [6.45, 7) is 6.13. The lowest BCUT2D eigenvalue weighted by Gasteiger charge is -2.34. The standard InChI is InChI=1S/C17H32N4O8.C5H8F8N4.C5H16N4.C3H5ClO2.4ClH/c1-5-26-13(22)18-9-17(10-19-14(23)27-6-2,11-20-15(24)28-7-3)12-21-16(25)29-8-4;6-14(7)1-5(2-15(8)9,3-16(10)11)4-17(12)13;6-1-5(2-7,3-8)4-9;1-2-6-3(4)5;;;;/h5-12H2,1-4H3,(H,18,22)(H,19,23)(H,20,24)(H,21,25);1-4H2;1-4,6-9H2;2H2,1H3;4*1H. The van der Waals surface area contributed by atoms with Crippen molar-refractivity contribution in [2.75, 3.05) is 112 Å². The molecule has 0 radical (unpaired) electrons. The maximum Gasteiger partial charge on any atom is 0.407 e. The second kappa shape index (κ2) is 47.6. The number of amides is 4. The fraction of sp³-hybridized carbons (Fsp3) is 0.833. The van der Waals surface area contributed by atoms with Crippen molar-refractivity contribution in [2.45, 2.75) is 34.6 Å². The molecule has 0 aliphatic carbocycles. The van der Waals surface area contributed by atoms with Crippen molar-refractivity contribution >= 4 is 41.4 Å². The summed E-state index contributed by atoms with van der Waals surface area (Å²) in [5.74, 6) is 0. The zero-order chi connectivity index (χ0) is 48.1.